The van der Waals surface area contributed by atoms with Gasteiger partial charge >= 0.3 is 6.61 Å². The molecule has 2 aliphatic rings. The number of nitrogens with one attached hydrogen (secondary N) is 3. The lowest BCUT2D eigenvalue weighted by Gasteiger charge is -2.28. The molecule has 0 saturated heterocycles. The number of hydrogen-bond acceptors (Lipinski definition) is 7. The van der Waals surface area contributed by atoms with Crippen molar-refractivity contribution in [3.63, 3.8) is 0 Å². The first-order valence-corrected chi connectivity index (χ1v) is 11.2. The van der Waals surface area contributed by atoms with Gasteiger partial charge in [0.15, 0.2) is 0 Å². The van der Waals surface area contributed by atoms with Crippen LogP contribution in [0.25, 0.3) is 0 Å². The van der Waals surface area contributed by atoms with Crippen molar-refractivity contribution in [1.29, 1.82) is 0 Å². The first-order chi connectivity index (χ1) is 14.9. The van der Waals surface area contributed by atoms with Crippen LogP contribution in [0.2, 0.25) is 0 Å². The number of carbonyl (C=O) groups is 1. The van der Waals surface area contributed by atoms with Crippen LogP contribution in [0.15, 0.2) is 6.20 Å². The second-order valence-corrected chi connectivity index (χ2v) is 8.55. The molecule has 0 aliphatic heterocycles. The summed E-state index contributed by atoms with van der Waals surface area (Å²) in [4.78, 5) is 21.6. The Morgan fingerprint density at radius 2 is 1.87 bits per heavy atom. The Bertz CT molecular complexity index is 710. The monoisotopic (exact) mass is 441 g/mol. The first-order valence-electron chi connectivity index (χ1n) is 11.2. The Kier molecular flexibility index (Phi) is 8.77. The van der Waals surface area contributed by atoms with Crippen molar-refractivity contribution in [3.05, 3.63) is 11.8 Å². The fraction of sp³-hybridized carbons (Fsp3) is 0.762. The first kappa shape index (κ1) is 23.6. The number of amides is 1. The van der Waals surface area contributed by atoms with Crippen molar-refractivity contribution in [2.45, 2.75) is 95.6 Å². The topological polar surface area (TPSA) is 108 Å². The van der Waals surface area contributed by atoms with E-state index in [2.05, 4.69) is 30.7 Å². The van der Waals surface area contributed by atoms with Crippen molar-refractivity contribution < 1.29 is 23.4 Å². The highest BCUT2D eigenvalue weighted by molar-refractivity contribution is 5.98. The SMILES string of the molecule is C[C@@H](COC(F)F)Nc1ncc(C(=O)NC2CCCCC2)c(NC2CCC(O)CC2)n1. The minimum absolute atomic E-state index is 0.0898. The molecular formula is C21H33F2N5O3. The van der Waals surface area contributed by atoms with Gasteiger partial charge in [0.2, 0.25) is 5.95 Å². The standard InChI is InChI=1S/C21H33F2N5O3/c1-13(12-31-20(22)23)25-21-24-11-17(19(30)27-14-5-3-2-4-6-14)18(28-21)26-15-7-9-16(29)10-8-15/h11,13-16,20,29H,2-10,12H2,1H3,(H,27,30)(H2,24,25,26,28)/t13-,15?,16?/m0/s1. The van der Waals surface area contributed by atoms with Crippen LogP contribution >= 0.6 is 0 Å². The van der Waals surface area contributed by atoms with Gasteiger partial charge in [0.1, 0.15) is 11.4 Å². The summed E-state index contributed by atoms with van der Waals surface area (Å²) in [5.41, 5.74) is 0.360. The zero-order chi connectivity index (χ0) is 22.2. The smallest absolute Gasteiger partial charge is 0.345 e. The summed E-state index contributed by atoms with van der Waals surface area (Å²) >= 11 is 0. The molecule has 1 atom stereocenters. The van der Waals surface area contributed by atoms with Gasteiger partial charge in [-0.2, -0.15) is 13.8 Å². The molecule has 1 aromatic heterocycles. The largest absolute Gasteiger partial charge is 0.393 e. The molecule has 3 rings (SSSR count). The third kappa shape index (κ3) is 7.53. The van der Waals surface area contributed by atoms with Gasteiger partial charge in [0.25, 0.3) is 5.91 Å². The van der Waals surface area contributed by atoms with Crippen LogP contribution in [0.3, 0.4) is 0 Å². The van der Waals surface area contributed by atoms with E-state index in [0.717, 1.165) is 38.5 Å². The Balaban J connectivity index is 1.71. The lowest BCUT2D eigenvalue weighted by Crippen LogP contribution is -2.37. The van der Waals surface area contributed by atoms with Gasteiger partial charge < -0.3 is 25.8 Å². The van der Waals surface area contributed by atoms with Gasteiger partial charge in [-0.25, -0.2) is 4.98 Å². The molecule has 4 N–H and O–H groups in total. The number of carbonyl (C=O) groups excluding carboxylic acids is 1. The van der Waals surface area contributed by atoms with Crippen LogP contribution < -0.4 is 16.0 Å². The highest BCUT2D eigenvalue weighted by Crippen LogP contribution is 2.25. The molecular weight excluding hydrogens is 408 g/mol. The maximum absolute atomic E-state index is 12.9. The van der Waals surface area contributed by atoms with Crippen molar-refractivity contribution in [2.24, 2.45) is 0 Å². The molecule has 0 bridgehead atoms. The minimum Gasteiger partial charge on any atom is -0.393 e. The van der Waals surface area contributed by atoms with Gasteiger partial charge in [0.05, 0.1) is 12.7 Å². The molecule has 174 valence electrons. The molecule has 0 radical (unpaired) electrons. The molecule has 8 nitrogen and oxygen atoms in total. The number of ether oxygens (including phenoxy) is 1. The van der Waals surface area contributed by atoms with Crippen LogP contribution in [0.1, 0.15) is 75.1 Å². The summed E-state index contributed by atoms with van der Waals surface area (Å²) in [6.07, 6.45) is 9.47. The van der Waals surface area contributed by atoms with E-state index >= 15 is 0 Å². The lowest BCUT2D eigenvalue weighted by atomic mass is 9.93. The van der Waals surface area contributed by atoms with Gasteiger partial charge in [-0.3, -0.25) is 4.79 Å². The summed E-state index contributed by atoms with van der Waals surface area (Å²) < 4.78 is 28.9. The van der Waals surface area contributed by atoms with Crippen molar-refractivity contribution >= 4 is 17.7 Å². The minimum atomic E-state index is -2.84. The van der Waals surface area contributed by atoms with Crippen LogP contribution in [-0.4, -0.2) is 58.4 Å². The molecule has 2 fully saturated rings. The molecule has 10 heteroatoms. The number of hydrogen-bond donors (Lipinski definition) is 4. The van der Waals surface area contributed by atoms with E-state index in [0.29, 0.717) is 24.2 Å². The fourth-order valence-electron chi connectivity index (χ4n) is 4.13. The zero-order valence-electron chi connectivity index (χ0n) is 17.9. The van der Waals surface area contributed by atoms with Crippen molar-refractivity contribution in [1.82, 2.24) is 15.3 Å². The normalized spacial score (nSPS) is 23.4. The van der Waals surface area contributed by atoms with Crippen LogP contribution in [-0.2, 0) is 4.74 Å². The zero-order valence-corrected chi connectivity index (χ0v) is 17.9. The Morgan fingerprint density at radius 1 is 1.16 bits per heavy atom. The van der Waals surface area contributed by atoms with Crippen molar-refractivity contribution in [3.8, 4) is 0 Å². The summed E-state index contributed by atoms with van der Waals surface area (Å²) in [5.74, 6) is 0.429. The second-order valence-electron chi connectivity index (χ2n) is 8.55. The quantitative estimate of drug-likeness (QED) is 0.466. The maximum Gasteiger partial charge on any atom is 0.345 e. The van der Waals surface area contributed by atoms with E-state index < -0.39 is 12.7 Å². The van der Waals surface area contributed by atoms with E-state index in [1.807, 2.05) is 0 Å². The molecule has 0 unspecified atom stereocenters. The van der Waals surface area contributed by atoms with Gasteiger partial charge in [-0.1, -0.05) is 19.3 Å². The van der Waals surface area contributed by atoms with Crippen LogP contribution in [0.4, 0.5) is 20.5 Å². The maximum atomic E-state index is 12.9. The highest BCUT2D eigenvalue weighted by atomic mass is 19.3. The summed E-state index contributed by atoms with van der Waals surface area (Å²) in [6, 6.07) is -0.191. The van der Waals surface area contributed by atoms with E-state index in [-0.39, 0.29) is 36.7 Å². The van der Waals surface area contributed by atoms with E-state index in [1.54, 1.807) is 6.92 Å². The number of aliphatic hydroxyl groups is 1. The van der Waals surface area contributed by atoms with E-state index in [9.17, 15) is 18.7 Å². The Morgan fingerprint density at radius 3 is 2.55 bits per heavy atom. The van der Waals surface area contributed by atoms with Crippen LogP contribution in [0.5, 0.6) is 0 Å². The fourth-order valence-corrected chi connectivity index (χ4v) is 4.13. The third-order valence-corrected chi connectivity index (χ3v) is 5.86. The molecule has 1 aromatic rings. The Labute approximate surface area is 181 Å². The molecule has 1 heterocycles. The summed E-state index contributed by atoms with van der Waals surface area (Å²) in [7, 11) is 0. The molecule has 31 heavy (non-hydrogen) atoms. The number of aliphatic hydroxyl groups excluding tert-OH is 1. The van der Waals surface area contributed by atoms with E-state index in [4.69, 9.17) is 0 Å². The lowest BCUT2D eigenvalue weighted by molar-refractivity contribution is -0.130. The number of alkyl halides is 2. The van der Waals surface area contributed by atoms with Gasteiger partial charge in [0, 0.05) is 24.3 Å². The summed E-state index contributed by atoms with van der Waals surface area (Å²) in [6.45, 7) is -1.35. The van der Waals surface area contributed by atoms with E-state index in [1.165, 1.54) is 12.6 Å². The second kappa shape index (κ2) is 11.5. The highest BCUT2D eigenvalue weighted by Gasteiger charge is 2.24. The van der Waals surface area contributed by atoms with Crippen LogP contribution in [0, 0.1) is 0 Å². The third-order valence-electron chi connectivity index (χ3n) is 5.86. The number of anilines is 2. The predicted molar refractivity (Wildman–Crippen MR) is 113 cm³/mol. The number of aromatic nitrogens is 2. The molecule has 0 spiro atoms. The number of rotatable bonds is 9. The van der Waals surface area contributed by atoms with Gasteiger partial charge in [-0.15, -0.1) is 0 Å². The molecule has 2 aliphatic carbocycles. The number of nitrogens with zero attached hydrogens (tertiary/aromatic N) is 2. The number of halogens is 2. The molecule has 0 aromatic carbocycles. The van der Waals surface area contributed by atoms with Gasteiger partial charge in [-0.05, 0) is 45.4 Å². The predicted octanol–water partition coefficient (Wildman–Crippen LogP) is 3.29. The average Bonchev–Trinajstić information content (AvgIpc) is 2.75. The molecule has 2 saturated carbocycles. The molecule has 1 amide bonds. The van der Waals surface area contributed by atoms with Crippen molar-refractivity contribution in [2.75, 3.05) is 17.2 Å². The Hall–Kier alpha value is -2.07. The summed E-state index contributed by atoms with van der Waals surface area (Å²) in [5, 5.41) is 19.1. The average molecular weight is 442 g/mol.